The second kappa shape index (κ2) is 11.4. The van der Waals surface area contributed by atoms with E-state index in [-0.39, 0.29) is 5.97 Å². The van der Waals surface area contributed by atoms with Crippen molar-refractivity contribution in [1.82, 2.24) is 20.4 Å². The summed E-state index contributed by atoms with van der Waals surface area (Å²) in [6, 6.07) is 10.3. The summed E-state index contributed by atoms with van der Waals surface area (Å²) in [6.45, 7) is 6.34. The number of nitrogens with one attached hydrogen (secondary N) is 2. The van der Waals surface area contributed by atoms with Crippen LogP contribution in [0.15, 0.2) is 30.3 Å². The van der Waals surface area contributed by atoms with Crippen molar-refractivity contribution in [3.05, 3.63) is 52.8 Å². The van der Waals surface area contributed by atoms with E-state index in [0.717, 1.165) is 43.7 Å². The second-order valence-electron chi connectivity index (χ2n) is 6.79. The van der Waals surface area contributed by atoms with Gasteiger partial charge in [0, 0.05) is 30.8 Å². The van der Waals surface area contributed by atoms with E-state index in [1.807, 2.05) is 29.8 Å². The number of thiocarbonyl (C=S) groups is 1. The molecule has 0 bridgehead atoms. The summed E-state index contributed by atoms with van der Waals surface area (Å²) in [5, 5.41) is 11.8. The summed E-state index contributed by atoms with van der Waals surface area (Å²) in [5.74, 6) is -0.149. The molecule has 0 spiro atoms. The molecule has 0 amide bonds. The monoisotopic (exact) mass is 402 g/mol. The molecule has 1 aromatic heterocycles. The third kappa shape index (κ3) is 6.96. The lowest BCUT2D eigenvalue weighted by Gasteiger charge is -2.11. The topological polar surface area (TPSA) is 68.2 Å². The third-order valence-corrected chi connectivity index (χ3v) is 4.99. The van der Waals surface area contributed by atoms with Crippen molar-refractivity contribution in [2.45, 2.75) is 52.6 Å². The number of carbonyl (C=O) groups excluding carboxylic acids is 1. The minimum Gasteiger partial charge on any atom is -0.469 e. The highest BCUT2D eigenvalue weighted by Gasteiger charge is 2.12. The Morgan fingerprint density at radius 3 is 2.61 bits per heavy atom. The Morgan fingerprint density at radius 2 is 1.89 bits per heavy atom. The molecule has 0 aliphatic heterocycles. The smallest absolute Gasteiger partial charge is 0.305 e. The Morgan fingerprint density at radius 1 is 1.14 bits per heavy atom. The molecule has 28 heavy (non-hydrogen) atoms. The van der Waals surface area contributed by atoms with Crippen LogP contribution in [-0.2, 0) is 22.6 Å². The van der Waals surface area contributed by atoms with E-state index in [2.05, 4.69) is 39.5 Å². The zero-order valence-electron chi connectivity index (χ0n) is 17.0. The van der Waals surface area contributed by atoms with E-state index in [9.17, 15) is 4.79 Å². The fraction of sp³-hybridized carbons (Fsp3) is 0.476. The molecule has 0 saturated carbocycles. The normalized spacial score (nSPS) is 10.5. The van der Waals surface area contributed by atoms with Crippen molar-refractivity contribution in [2.75, 3.05) is 13.7 Å². The number of benzene rings is 1. The zero-order chi connectivity index (χ0) is 20.4. The first-order chi connectivity index (χ1) is 13.5. The van der Waals surface area contributed by atoms with Gasteiger partial charge < -0.3 is 15.4 Å². The quantitative estimate of drug-likeness (QED) is 0.361. The van der Waals surface area contributed by atoms with Gasteiger partial charge in [0.15, 0.2) is 5.11 Å². The lowest BCUT2D eigenvalue weighted by atomic mass is 10.2. The van der Waals surface area contributed by atoms with Crippen molar-refractivity contribution >= 4 is 23.3 Å². The summed E-state index contributed by atoms with van der Waals surface area (Å²) in [4.78, 5) is 11.1. The number of nitrogens with zero attached hydrogens (tertiary/aromatic N) is 2. The summed E-state index contributed by atoms with van der Waals surface area (Å²) in [6.07, 6.45) is 3.25. The summed E-state index contributed by atoms with van der Waals surface area (Å²) in [7, 11) is 1.42. The van der Waals surface area contributed by atoms with Crippen LogP contribution in [0.1, 0.15) is 48.2 Å². The molecule has 6 nitrogen and oxygen atoms in total. The van der Waals surface area contributed by atoms with Crippen LogP contribution < -0.4 is 10.6 Å². The molecule has 1 heterocycles. The van der Waals surface area contributed by atoms with Crippen molar-refractivity contribution in [2.24, 2.45) is 0 Å². The van der Waals surface area contributed by atoms with Crippen LogP contribution in [0.3, 0.4) is 0 Å². The molecule has 1 aromatic carbocycles. The first-order valence-electron chi connectivity index (χ1n) is 9.66. The molecule has 2 N–H and O–H groups in total. The van der Waals surface area contributed by atoms with E-state index in [0.29, 0.717) is 18.1 Å². The molecule has 152 valence electrons. The average Bonchev–Trinajstić information content (AvgIpc) is 2.96. The Kier molecular flexibility index (Phi) is 8.94. The van der Waals surface area contributed by atoms with Gasteiger partial charge in [-0.1, -0.05) is 36.8 Å². The fourth-order valence-corrected chi connectivity index (χ4v) is 3.18. The number of aryl methyl sites for hydroxylation is 1. The average molecular weight is 403 g/mol. The minimum absolute atomic E-state index is 0.149. The SMILES string of the molecule is COC(=O)CCCCCNC(=S)NCc1c(C)nn(Cc2ccccc2)c1C. The maximum Gasteiger partial charge on any atom is 0.305 e. The van der Waals surface area contributed by atoms with Gasteiger partial charge in [0.05, 0.1) is 19.3 Å². The van der Waals surface area contributed by atoms with Crippen LogP contribution in [0.5, 0.6) is 0 Å². The predicted molar refractivity (Wildman–Crippen MR) is 115 cm³/mol. The predicted octanol–water partition coefficient (Wildman–Crippen LogP) is 3.25. The van der Waals surface area contributed by atoms with Crippen LogP contribution in [-0.4, -0.2) is 34.5 Å². The first kappa shape index (κ1) is 21.9. The molecule has 0 aliphatic rings. The standard InChI is InChI=1S/C21H30N4O2S/c1-16-19(17(2)25(24-16)15-18-10-6-4-7-11-18)14-23-21(28)22-13-9-5-8-12-20(26)27-3/h4,6-7,10-11H,5,8-9,12-15H2,1-3H3,(H2,22,23,28). The number of ether oxygens (including phenoxy) is 1. The zero-order valence-corrected chi connectivity index (χ0v) is 17.8. The van der Waals surface area contributed by atoms with Crippen molar-refractivity contribution in [1.29, 1.82) is 0 Å². The number of esters is 1. The minimum atomic E-state index is -0.149. The molecule has 0 atom stereocenters. The summed E-state index contributed by atoms with van der Waals surface area (Å²) in [5.41, 5.74) is 4.58. The van der Waals surface area contributed by atoms with Gasteiger partial charge in [-0.3, -0.25) is 9.48 Å². The van der Waals surface area contributed by atoms with Crippen LogP contribution in [0.4, 0.5) is 0 Å². The van der Waals surface area contributed by atoms with Crippen LogP contribution >= 0.6 is 12.2 Å². The third-order valence-electron chi connectivity index (χ3n) is 4.70. The fourth-order valence-electron chi connectivity index (χ4n) is 3.01. The van der Waals surface area contributed by atoms with E-state index in [1.54, 1.807) is 0 Å². The van der Waals surface area contributed by atoms with Crippen molar-refractivity contribution in [3.8, 4) is 0 Å². The number of aromatic nitrogens is 2. The lowest BCUT2D eigenvalue weighted by Crippen LogP contribution is -2.35. The second-order valence-corrected chi connectivity index (χ2v) is 7.20. The number of methoxy groups -OCH3 is 1. The molecule has 0 unspecified atom stereocenters. The van der Waals surface area contributed by atoms with Crippen molar-refractivity contribution in [3.63, 3.8) is 0 Å². The largest absolute Gasteiger partial charge is 0.469 e. The highest BCUT2D eigenvalue weighted by atomic mass is 32.1. The number of unbranched alkanes of at least 4 members (excludes halogenated alkanes) is 2. The first-order valence-corrected chi connectivity index (χ1v) is 10.1. The molecule has 0 fully saturated rings. The maximum atomic E-state index is 11.1. The van der Waals surface area contributed by atoms with Crippen LogP contribution in [0.25, 0.3) is 0 Å². The van der Waals surface area contributed by atoms with E-state index >= 15 is 0 Å². The van der Waals surface area contributed by atoms with Crippen LogP contribution in [0, 0.1) is 13.8 Å². The van der Waals surface area contributed by atoms with E-state index in [4.69, 9.17) is 12.2 Å². The summed E-state index contributed by atoms with van der Waals surface area (Å²) < 4.78 is 6.67. The van der Waals surface area contributed by atoms with E-state index < -0.39 is 0 Å². The van der Waals surface area contributed by atoms with Gasteiger partial charge in [-0.2, -0.15) is 5.10 Å². The van der Waals surface area contributed by atoms with Gasteiger partial charge in [0.25, 0.3) is 0 Å². The van der Waals surface area contributed by atoms with Gasteiger partial charge in [-0.15, -0.1) is 0 Å². The van der Waals surface area contributed by atoms with Gasteiger partial charge in [-0.05, 0) is 44.5 Å². The molecule has 0 radical (unpaired) electrons. The molecule has 2 aromatic rings. The molecular weight excluding hydrogens is 372 g/mol. The van der Waals surface area contributed by atoms with Gasteiger partial charge in [0.2, 0.25) is 0 Å². The Labute approximate surface area is 172 Å². The van der Waals surface area contributed by atoms with Crippen LogP contribution in [0.2, 0.25) is 0 Å². The molecule has 2 rings (SSSR count). The number of hydrogen-bond acceptors (Lipinski definition) is 4. The number of rotatable bonds is 10. The lowest BCUT2D eigenvalue weighted by molar-refractivity contribution is -0.140. The maximum absolute atomic E-state index is 11.1. The molecule has 0 saturated heterocycles. The Bertz CT molecular complexity index is 774. The Hall–Kier alpha value is -2.41. The summed E-state index contributed by atoms with van der Waals surface area (Å²) >= 11 is 5.37. The van der Waals surface area contributed by atoms with Gasteiger partial charge in [-0.25, -0.2) is 0 Å². The highest BCUT2D eigenvalue weighted by molar-refractivity contribution is 7.80. The van der Waals surface area contributed by atoms with Gasteiger partial charge >= 0.3 is 5.97 Å². The Balaban J connectivity index is 1.73. The number of carbonyl (C=O) groups is 1. The molecule has 0 aliphatic carbocycles. The van der Waals surface area contributed by atoms with Crippen molar-refractivity contribution < 1.29 is 9.53 Å². The van der Waals surface area contributed by atoms with Gasteiger partial charge in [0.1, 0.15) is 0 Å². The van der Waals surface area contributed by atoms with E-state index in [1.165, 1.54) is 18.2 Å². The number of hydrogen-bond donors (Lipinski definition) is 2. The molecule has 7 heteroatoms. The molecular formula is C21H30N4O2S. The highest BCUT2D eigenvalue weighted by Crippen LogP contribution is 2.14.